The fourth-order valence-corrected chi connectivity index (χ4v) is 0.682. The van der Waals surface area contributed by atoms with Crippen LogP contribution in [0.2, 0.25) is 0 Å². The highest BCUT2D eigenvalue weighted by atomic mass is 16.1. The fraction of sp³-hybridized carbons (Fsp3) is 0.333. The first kappa shape index (κ1) is 10.4. The highest BCUT2D eigenvalue weighted by Gasteiger charge is 1.96. The van der Waals surface area contributed by atoms with Crippen molar-refractivity contribution >= 4 is 6.29 Å². The molecule has 0 amide bonds. The lowest BCUT2D eigenvalue weighted by Gasteiger charge is -1.98. The zero-order valence-corrected chi connectivity index (χ0v) is 7.51. The van der Waals surface area contributed by atoms with E-state index in [1.807, 2.05) is 13.0 Å². The van der Waals surface area contributed by atoms with Crippen molar-refractivity contribution in [3.05, 3.63) is 22.9 Å². The molecular formula is C9H12N2O. The van der Waals surface area contributed by atoms with E-state index in [1.54, 1.807) is 20.0 Å². The van der Waals surface area contributed by atoms with Crippen molar-refractivity contribution in [2.75, 3.05) is 7.05 Å². The average Bonchev–Trinajstić information content (AvgIpc) is 2.06. The molecular weight excluding hydrogens is 152 g/mol. The number of carbonyl (C=O) groups excluding carboxylic acids is 1. The second-order valence-electron chi connectivity index (χ2n) is 2.40. The molecule has 3 heteroatoms. The molecule has 1 N–H and O–H groups in total. The Morgan fingerprint density at radius 3 is 2.42 bits per heavy atom. The minimum Gasteiger partial charge on any atom is -0.392 e. The Kier molecular flexibility index (Phi) is 4.47. The Balaban J connectivity index is 4.80. The van der Waals surface area contributed by atoms with Gasteiger partial charge >= 0.3 is 0 Å². The summed E-state index contributed by atoms with van der Waals surface area (Å²) in [5.41, 5.74) is 1.77. The summed E-state index contributed by atoms with van der Waals surface area (Å²) in [7, 11) is 1.78. The first-order chi connectivity index (χ1) is 5.65. The molecule has 0 fully saturated rings. The van der Waals surface area contributed by atoms with Gasteiger partial charge in [-0.1, -0.05) is 0 Å². The van der Waals surface area contributed by atoms with E-state index in [9.17, 15) is 4.79 Å². The summed E-state index contributed by atoms with van der Waals surface area (Å²) in [6.07, 6.45) is 2.32. The molecule has 0 spiro atoms. The van der Waals surface area contributed by atoms with Crippen LogP contribution in [-0.2, 0) is 4.79 Å². The zero-order valence-electron chi connectivity index (χ0n) is 7.51. The lowest BCUT2D eigenvalue weighted by Crippen LogP contribution is -2.01. The van der Waals surface area contributed by atoms with E-state index in [1.165, 1.54) is 0 Å². The number of hydrogen-bond donors (Lipinski definition) is 1. The van der Waals surface area contributed by atoms with Crippen molar-refractivity contribution in [2.24, 2.45) is 0 Å². The van der Waals surface area contributed by atoms with Crippen LogP contribution in [0.3, 0.4) is 0 Å². The van der Waals surface area contributed by atoms with E-state index >= 15 is 0 Å². The van der Waals surface area contributed by atoms with Crippen molar-refractivity contribution in [3.63, 3.8) is 0 Å². The van der Waals surface area contributed by atoms with Gasteiger partial charge in [-0.15, -0.1) is 0 Å². The van der Waals surface area contributed by atoms with Gasteiger partial charge in [0.05, 0.1) is 5.57 Å². The molecule has 0 aromatic carbocycles. The standard InChI is InChI=1S/C9H12N2O/c1-7(4-8(2)11-3)9(5-10)6-12/h4,6,11H,1-3H3/b8-4-,9-7-. The van der Waals surface area contributed by atoms with Crippen LogP contribution < -0.4 is 5.32 Å². The van der Waals surface area contributed by atoms with Crippen LogP contribution in [-0.4, -0.2) is 13.3 Å². The minimum absolute atomic E-state index is 0.171. The van der Waals surface area contributed by atoms with E-state index < -0.39 is 0 Å². The fourth-order valence-electron chi connectivity index (χ4n) is 0.682. The molecule has 0 atom stereocenters. The maximum atomic E-state index is 10.3. The molecule has 0 rings (SSSR count). The molecule has 0 heterocycles. The predicted octanol–water partition coefficient (Wildman–Crippen LogP) is 1.15. The molecule has 0 aliphatic carbocycles. The molecule has 12 heavy (non-hydrogen) atoms. The third-order valence-electron chi connectivity index (χ3n) is 1.49. The van der Waals surface area contributed by atoms with Gasteiger partial charge in [-0.2, -0.15) is 5.26 Å². The van der Waals surface area contributed by atoms with Crippen molar-refractivity contribution < 1.29 is 4.79 Å². The third kappa shape index (κ3) is 3.02. The van der Waals surface area contributed by atoms with Gasteiger partial charge < -0.3 is 5.32 Å². The summed E-state index contributed by atoms with van der Waals surface area (Å²) in [4.78, 5) is 10.3. The van der Waals surface area contributed by atoms with Gasteiger partial charge in [0.2, 0.25) is 0 Å². The SMILES string of the molecule is CN/C(C)=C\C(C)=C(\C#N)C=O. The summed E-state index contributed by atoms with van der Waals surface area (Å²) < 4.78 is 0. The first-order valence-corrected chi connectivity index (χ1v) is 3.58. The first-order valence-electron chi connectivity index (χ1n) is 3.58. The number of nitrogens with zero attached hydrogens (tertiary/aromatic N) is 1. The van der Waals surface area contributed by atoms with Crippen LogP contribution in [0.15, 0.2) is 22.9 Å². The van der Waals surface area contributed by atoms with Gasteiger partial charge in [-0.3, -0.25) is 4.79 Å². The lowest BCUT2D eigenvalue weighted by atomic mass is 10.1. The Morgan fingerprint density at radius 1 is 1.50 bits per heavy atom. The number of hydrogen-bond acceptors (Lipinski definition) is 3. The molecule has 0 aliphatic rings. The van der Waals surface area contributed by atoms with E-state index in [0.29, 0.717) is 11.9 Å². The number of nitrogens with one attached hydrogen (secondary N) is 1. The van der Waals surface area contributed by atoms with E-state index in [4.69, 9.17) is 5.26 Å². The van der Waals surface area contributed by atoms with Crippen LogP contribution >= 0.6 is 0 Å². The van der Waals surface area contributed by atoms with Crippen molar-refractivity contribution in [1.82, 2.24) is 5.32 Å². The Morgan fingerprint density at radius 2 is 2.08 bits per heavy atom. The second kappa shape index (κ2) is 5.14. The molecule has 64 valence electrons. The van der Waals surface area contributed by atoms with Gasteiger partial charge in [0.15, 0.2) is 6.29 Å². The summed E-state index contributed by atoms with van der Waals surface area (Å²) in [6, 6.07) is 1.82. The maximum absolute atomic E-state index is 10.3. The topological polar surface area (TPSA) is 52.9 Å². The molecule has 0 saturated carbocycles. The molecule has 0 aliphatic heterocycles. The maximum Gasteiger partial charge on any atom is 0.160 e. The molecule has 3 nitrogen and oxygen atoms in total. The largest absolute Gasteiger partial charge is 0.392 e. The normalized spacial score (nSPS) is 13.0. The lowest BCUT2D eigenvalue weighted by molar-refractivity contribution is -0.104. The van der Waals surface area contributed by atoms with Gasteiger partial charge in [0.1, 0.15) is 6.07 Å². The Labute approximate surface area is 72.4 Å². The molecule has 0 unspecified atom stereocenters. The van der Waals surface area contributed by atoms with Crippen molar-refractivity contribution in [1.29, 1.82) is 5.26 Å². The van der Waals surface area contributed by atoms with Gasteiger partial charge in [-0.25, -0.2) is 0 Å². The minimum atomic E-state index is 0.171. The smallest absolute Gasteiger partial charge is 0.160 e. The Hall–Kier alpha value is -1.56. The number of aldehydes is 1. The molecule has 0 aromatic heterocycles. The van der Waals surface area contributed by atoms with Crippen LogP contribution in [0.25, 0.3) is 0 Å². The third-order valence-corrected chi connectivity index (χ3v) is 1.49. The van der Waals surface area contributed by atoms with Crippen LogP contribution in [0.1, 0.15) is 13.8 Å². The number of rotatable bonds is 3. The van der Waals surface area contributed by atoms with Crippen LogP contribution in [0.4, 0.5) is 0 Å². The predicted molar refractivity (Wildman–Crippen MR) is 47.2 cm³/mol. The Bertz CT molecular complexity index is 269. The summed E-state index contributed by atoms with van der Waals surface area (Å²) >= 11 is 0. The average molecular weight is 164 g/mol. The van der Waals surface area contributed by atoms with Gasteiger partial charge in [0.25, 0.3) is 0 Å². The van der Waals surface area contributed by atoms with E-state index in [-0.39, 0.29) is 5.57 Å². The summed E-state index contributed by atoms with van der Waals surface area (Å²) in [5, 5.41) is 11.4. The second-order valence-corrected chi connectivity index (χ2v) is 2.40. The molecule has 0 radical (unpaired) electrons. The number of nitriles is 1. The highest BCUT2D eigenvalue weighted by Crippen LogP contribution is 2.03. The van der Waals surface area contributed by atoms with Gasteiger partial charge in [-0.05, 0) is 25.5 Å². The van der Waals surface area contributed by atoms with E-state index in [2.05, 4.69) is 5.32 Å². The molecule has 0 saturated heterocycles. The summed E-state index contributed by atoms with van der Waals surface area (Å²) in [6.45, 7) is 3.59. The monoisotopic (exact) mass is 164 g/mol. The van der Waals surface area contributed by atoms with Gasteiger partial charge in [0, 0.05) is 12.7 Å². The van der Waals surface area contributed by atoms with Crippen LogP contribution in [0, 0.1) is 11.3 Å². The van der Waals surface area contributed by atoms with Crippen molar-refractivity contribution in [2.45, 2.75) is 13.8 Å². The molecule has 0 bridgehead atoms. The number of allylic oxidation sites excluding steroid dienone is 4. The summed E-state index contributed by atoms with van der Waals surface area (Å²) in [5.74, 6) is 0. The molecule has 0 aromatic rings. The quantitative estimate of drug-likeness (QED) is 0.294. The van der Waals surface area contributed by atoms with Crippen LogP contribution in [0.5, 0.6) is 0 Å². The zero-order chi connectivity index (χ0) is 9.56. The highest BCUT2D eigenvalue weighted by molar-refractivity contribution is 5.81. The van der Waals surface area contributed by atoms with E-state index in [0.717, 1.165) is 5.70 Å². The van der Waals surface area contributed by atoms with Crippen molar-refractivity contribution in [3.8, 4) is 6.07 Å². The number of carbonyl (C=O) groups is 1.